The highest BCUT2D eigenvalue weighted by molar-refractivity contribution is 5.80. The van der Waals surface area contributed by atoms with Crippen LogP contribution in [0, 0.1) is 0 Å². The molecule has 0 saturated heterocycles. The number of nitrogens with zero attached hydrogens (tertiary/aromatic N) is 1. The summed E-state index contributed by atoms with van der Waals surface area (Å²) in [4.78, 5) is 0. The van der Waals surface area contributed by atoms with Gasteiger partial charge in [0.05, 0.1) is 17.3 Å². The van der Waals surface area contributed by atoms with Gasteiger partial charge in [-0.25, -0.2) is 5.06 Å². The number of benzene rings is 1. The molecule has 0 bridgehead atoms. The Labute approximate surface area is 175 Å². The summed E-state index contributed by atoms with van der Waals surface area (Å²) in [5.74, 6) is 0.831. The number of para-hydroxylation sites is 1. The maximum Gasteiger partial charge on any atom is 0.131 e. The molecule has 1 aromatic carbocycles. The minimum absolute atomic E-state index is 0.155. The number of ether oxygens (including phenoxy) is 1. The zero-order valence-corrected chi connectivity index (χ0v) is 18.4. The Morgan fingerprint density at radius 3 is 2.66 bits per heavy atom. The van der Waals surface area contributed by atoms with Crippen molar-refractivity contribution in [2.45, 2.75) is 84.5 Å². The molecule has 3 rings (SSSR count). The molecular formula is C25H35NO3. The van der Waals surface area contributed by atoms with E-state index in [1.807, 2.05) is 38.1 Å². The number of allylic oxidation sites excluding steroid dienone is 4. The number of hydrogen-bond donors (Lipinski definition) is 2. The predicted molar refractivity (Wildman–Crippen MR) is 119 cm³/mol. The molecule has 158 valence electrons. The Balaban J connectivity index is 1.63. The molecule has 4 nitrogen and oxygen atoms in total. The molecule has 2 aliphatic rings. The van der Waals surface area contributed by atoms with E-state index in [0.29, 0.717) is 12.8 Å². The highest BCUT2D eigenvalue weighted by atomic mass is 16.5. The van der Waals surface area contributed by atoms with Crippen LogP contribution in [0.25, 0.3) is 5.76 Å². The molecule has 0 aromatic heterocycles. The molecule has 2 N–H and O–H groups in total. The lowest BCUT2D eigenvalue weighted by Crippen LogP contribution is -2.39. The third-order valence-electron chi connectivity index (χ3n) is 6.15. The normalized spacial score (nSPS) is 23.3. The molecule has 0 saturated carbocycles. The van der Waals surface area contributed by atoms with Gasteiger partial charge in [-0.2, -0.15) is 0 Å². The van der Waals surface area contributed by atoms with E-state index >= 15 is 0 Å². The maximum atomic E-state index is 11.2. The minimum atomic E-state index is -0.928. The van der Waals surface area contributed by atoms with Crippen LogP contribution >= 0.6 is 0 Å². The van der Waals surface area contributed by atoms with Gasteiger partial charge in [0.25, 0.3) is 0 Å². The Hall–Kier alpha value is -2.04. The van der Waals surface area contributed by atoms with E-state index in [2.05, 4.69) is 32.9 Å². The first-order chi connectivity index (χ1) is 13.7. The van der Waals surface area contributed by atoms with E-state index in [1.54, 1.807) is 0 Å². The summed E-state index contributed by atoms with van der Waals surface area (Å²) >= 11 is 0. The van der Waals surface area contributed by atoms with Gasteiger partial charge in [0.2, 0.25) is 0 Å². The fourth-order valence-corrected chi connectivity index (χ4v) is 4.18. The van der Waals surface area contributed by atoms with E-state index < -0.39 is 5.60 Å². The monoisotopic (exact) mass is 397 g/mol. The number of hydrogen-bond acceptors (Lipinski definition) is 4. The molecule has 29 heavy (non-hydrogen) atoms. The number of aliphatic hydroxyl groups is 1. The van der Waals surface area contributed by atoms with Crippen LogP contribution in [0.3, 0.4) is 0 Å². The van der Waals surface area contributed by atoms with Gasteiger partial charge in [0.1, 0.15) is 11.9 Å². The quantitative estimate of drug-likeness (QED) is 0.553. The van der Waals surface area contributed by atoms with Crippen molar-refractivity contribution < 1.29 is 15.1 Å². The third-order valence-corrected chi connectivity index (χ3v) is 6.15. The molecule has 2 aliphatic heterocycles. The fraction of sp³-hybridized carbons (Fsp3) is 0.520. The Morgan fingerprint density at radius 2 is 1.93 bits per heavy atom. The van der Waals surface area contributed by atoms with Crippen LogP contribution in [0.5, 0.6) is 0 Å². The Bertz CT molecular complexity index is 830. The molecule has 2 heterocycles. The summed E-state index contributed by atoms with van der Waals surface area (Å²) in [7, 11) is 0. The second-order valence-corrected chi connectivity index (χ2v) is 8.97. The zero-order chi connectivity index (χ0) is 21.2. The van der Waals surface area contributed by atoms with Crippen molar-refractivity contribution in [2.75, 3.05) is 5.06 Å². The summed E-state index contributed by atoms with van der Waals surface area (Å²) in [5.41, 5.74) is 4.51. The van der Waals surface area contributed by atoms with Crippen LogP contribution in [-0.4, -0.2) is 28.1 Å². The average molecular weight is 398 g/mol. The van der Waals surface area contributed by atoms with Crippen LogP contribution in [0.4, 0.5) is 5.69 Å². The number of fused-ring (bicyclic) bond motifs is 2. The average Bonchev–Trinajstić information content (AvgIpc) is 3.12. The lowest BCUT2D eigenvalue weighted by atomic mass is 9.87. The van der Waals surface area contributed by atoms with Crippen molar-refractivity contribution in [2.24, 2.45) is 0 Å². The topological polar surface area (TPSA) is 52.9 Å². The highest BCUT2D eigenvalue weighted by Crippen LogP contribution is 2.46. The van der Waals surface area contributed by atoms with Gasteiger partial charge in [-0.05, 0) is 72.4 Å². The summed E-state index contributed by atoms with van der Waals surface area (Å²) in [6, 6.07) is 7.57. The van der Waals surface area contributed by atoms with Crippen molar-refractivity contribution >= 4 is 11.4 Å². The maximum absolute atomic E-state index is 11.2. The number of rotatable bonds is 7. The second kappa shape index (κ2) is 8.76. The first-order valence-electron chi connectivity index (χ1n) is 10.7. The van der Waals surface area contributed by atoms with E-state index in [9.17, 15) is 10.3 Å². The van der Waals surface area contributed by atoms with Gasteiger partial charge in [0, 0.05) is 17.6 Å². The Kier molecular flexibility index (Phi) is 6.55. The first-order valence-corrected chi connectivity index (χ1v) is 10.7. The summed E-state index contributed by atoms with van der Waals surface area (Å²) in [6.07, 6.45) is 8.45. The molecule has 3 atom stereocenters. The third kappa shape index (κ3) is 4.76. The smallest absolute Gasteiger partial charge is 0.131 e. The van der Waals surface area contributed by atoms with Crippen molar-refractivity contribution in [3.8, 4) is 0 Å². The van der Waals surface area contributed by atoms with Gasteiger partial charge in [-0.15, -0.1) is 0 Å². The van der Waals surface area contributed by atoms with Crippen molar-refractivity contribution in [3.05, 3.63) is 58.7 Å². The van der Waals surface area contributed by atoms with Crippen LogP contribution < -0.4 is 5.06 Å². The predicted octanol–water partition coefficient (Wildman–Crippen LogP) is 6.01. The van der Waals surface area contributed by atoms with Crippen molar-refractivity contribution in [1.29, 1.82) is 0 Å². The molecule has 0 spiro atoms. The highest BCUT2D eigenvalue weighted by Gasteiger charge is 2.44. The van der Waals surface area contributed by atoms with Gasteiger partial charge in [0.15, 0.2) is 0 Å². The molecule has 0 radical (unpaired) electrons. The van der Waals surface area contributed by atoms with Crippen molar-refractivity contribution in [1.82, 2.24) is 0 Å². The van der Waals surface area contributed by atoms with E-state index in [1.165, 1.54) is 16.2 Å². The van der Waals surface area contributed by atoms with Crippen LogP contribution in [-0.2, 0) is 4.74 Å². The van der Waals surface area contributed by atoms with Crippen LogP contribution in [0.1, 0.15) is 72.3 Å². The van der Waals surface area contributed by atoms with E-state index in [-0.39, 0.29) is 12.1 Å². The molecule has 0 fully saturated rings. The molecule has 1 unspecified atom stereocenters. The zero-order valence-electron chi connectivity index (χ0n) is 18.4. The van der Waals surface area contributed by atoms with Gasteiger partial charge < -0.3 is 9.84 Å². The summed E-state index contributed by atoms with van der Waals surface area (Å²) in [6.45, 7) is 10.3. The number of hydroxylamine groups is 1. The fourth-order valence-electron chi connectivity index (χ4n) is 4.18. The van der Waals surface area contributed by atoms with Gasteiger partial charge in [-0.1, -0.05) is 35.4 Å². The van der Waals surface area contributed by atoms with Crippen LogP contribution in [0.15, 0.2) is 53.1 Å². The lowest BCUT2D eigenvalue weighted by Gasteiger charge is -2.31. The first kappa shape index (κ1) is 21.7. The van der Waals surface area contributed by atoms with Gasteiger partial charge >= 0.3 is 0 Å². The summed E-state index contributed by atoms with van der Waals surface area (Å²) in [5, 5.41) is 23.0. The molecule has 1 aromatic rings. The molecule has 0 aliphatic carbocycles. The van der Waals surface area contributed by atoms with E-state index in [0.717, 1.165) is 41.8 Å². The standard InChI is InChI=1S/C25H35NO3/c1-17(2)10-8-11-18(3)12-9-15-25(5,27)23-16-21-19(4)26(28)22-14-7-6-13-20(22)24(21)29-23/h6-7,10,12-14,19,23,27-28H,8-9,11,15-16H2,1-5H3/b18-12+/t19?,23-,25+/m0/s1. The van der Waals surface area contributed by atoms with Crippen LogP contribution in [0.2, 0.25) is 0 Å². The van der Waals surface area contributed by atoms with Gasteiger partial charge in [-0.3, -0.25) is 5.21 Å². The largest absolute Gasteiger partial charge is 0.486 e. The molecule has 0 amide bonds. The second-order valence-electron chi connectivity index (χ2n) is 8.97. The molecular weight excluding hydrogens is 362 g/mol. The summed E-state index contributed by atoms with van der Waals surface area (Å²) < 4.78 is 6.29. The Morgan fingerprint density at radius 1 is 1.21 bits per heavy atom. The van der Waals surface area contributed by atoms with E-state index in [4.69, 9.17) is 4.74 Å². The molecule has 4 heteroatoms. The van der Waals surface area contributed by atoms with Crippen molar-refractivity contribution in [3.63, 3.8) is 0 Å². The SMILES string of the molecule is CC(C)=CCC/C(C)=C/CC[C@@](C)(O)[C@@H]1CC2=C(O1)c1ccccc1N(O)C2C. The minimum Gasteiger partial charge on any atom is -0.486 e. The lowest BCUT2D eigenvalue weighted by molar-refractivity contribution is -0.0561. The number of anilines is 1.